The number of carboxylic acid groups (broad SMARTS) is 2. The number of rotatable bonds is 69. The number of unbranched alkanes of at least 4 members (excludes halogenated alkanes) is 28. The maximum atomic E-state index is 15.3. The molecule has 0 bridgehead atoms. The summed E-state index contributed by atoms with van der Waals surface area (Å²) in [5.74, 6) is -16.8. The Kier molecular flexibility index (Phi) is 55.1. The first-order valence-electron chi connectivity index (χ1n) is 45.9. The topological polar surface area (TPSA) is 632 Å². The molecule has 2 amide bonds. The number of hydrogen-bond donors (Lipinski definition) is 19. The number of carbonyl (C=O) groups is 7. The van der Waals surface area contributed by atoms with Gasteiger partial charge in [-0.3, -0.25) is 33.0 Å². The molecule has 0 aliphatic carbocycles. The van der Waals surface area contributed by atoms with E-state index >= 15 is 4.79 Å². The number of amides is 2. The lowest BCUT2D eigenvalue weighted by atomic mass is 9.90. The summed E-state index contributed by atoms with van der Waals surface area (Å²) in [7, 11) is -12.0. The lowest BCUT2D eigenvalue weighted by molar-refractivity contribution is -0.378. The molecular weight excluding hydrogens is 1710 g/mol. The van der Waals surface area contributed by atoms with Crippen LogP contribution in [0.25, 0.3) is 0 Å². The number of hydrogen-bond acceptors (Lipinski definition) is 32. The minimum atomic E-state index is -6.13. The molecule has 40 nitrogen and oxygen atoms in total. The Morgan fingerprint density at radius 2 is 0.825 bits per heavy atom. The molecule has 19 N–H and O–H groups in total. The molecule has 0 aromatic carbocycles. The first kappa shape index (κ1) is 114. The van der Waals surface area contributed by atoms with Crippen molar-refractivity contribution in [1.29, 1.82) is 0 Å². The van der Waals surface area contributed by atoms with Gasteiger partial charge in [-0.2, -0.15) is 0 Å². The average molecular weight is 1860 g/mol. The predicted molar refractivity (Wildman–Crippen MR) is 448 cm³/mol. The van der Waals surface area contributed by atoms with Gasteiger partial charge in [0.05, 0.1) is 82.6 Å². The van der Waals surface area contributed by atoms with Gasteiger partial charge in [-0.05, 0) is 38.5 Å². The number of carboxylic acids is 2. The molecular formula is C84H152N2O38P2. The molecule has 0 saturated carbocycles. The highest BCUT2D eigenvalue weighted by atomic mass is 31.2. The van der Waals surface area contributed by atoms with Crippen molar-refractivity contribution < 1.29 is 185 Å². The standard InChI is InChI=1S/C84H152N2O38P2/c1-6-11-16-21-24-25-28-33-38-43-66(97)115-57(42-37-32-27-23-18-13-8-3)47-65(96)86-70-78(119-68(99)46-56(91)41-35-30-20-15-10-5)76(123-125(107,108)109)63(53-114-83(81(103)104)49-61(72(101)75(121-83)60(94)51-88)120-84(82(105)106)48-58(92)71(100)74(122-84)59(93)50-87)117-79(70)113-52-62-73(102)77(118-67(98)45-55(90)40-34-29-19-14-9-4)69(80(116-62)124-126(110,111)112)85-64(95)44-54(89)39-36-31-26-22-17-12-7-2/h54-63,69-80,87-94,100-102H,6-53H2,1-5H3,(H,85,95)(H,86,96)(H,103,104)(H,105,106)(H2,107,108,109)(H2,110,111,112)/t54-,55-,56-,57-,58-,59-,60-,61-,62-,63-,69-,70-,71-,72-,73-,74-,75-,76-,77-,78-,79-,80-,83-,84-/m1/s1. The van der Waals surface area contributed by atoms with Crippen molar-refractivity contribution in [1.82, 2.24) is 10.6 Å². The Hall–Kier alpha value is -4.21. The van der Waals surface area contributed by atoms with Gasteiger partial charge in [0, 0.05) is 19.3 Å². The van der Waals surface area contributed by atoms with E-state index in [0.29, 0.717) is 64.2 Å². The number of aliphatic hydroxyl groups excluding tert-OH is 11. The molecule has 0 radical (unpaired) electrons. The third-order valence-corrected chi connectivity index (χ3v) is 24.1. The third kappa shape index (κ3) is 41.9. The lowest BCUT2D eigenvalue weighted by Crippen LogP contribution is -2.69. The minimum Gasteiger partial charge on any atom is -0.477 e. The van der Waals surface area contributed by atoms with Crippen molar-refractivity contribution in [2.45, 2.75) is 463 Å². The Bertz CT molecular complexity index is 3180. The van der Waals surface area contributed by atoms with E-state index in [1.54, 1.807) is 0 Å². The van der Waals surface area contributed by atoms with E-state index in [0.717, 1.165) is 148 Å². The van der Waals surface area contributed by atoms with Crippen molar-refractivity contribution in [3.8, 4) is 0 Å². The smallest absolute Gasteiger partial charge is 0.472 e. The maximum Gasteiger partial charge on any atom is 0.472 e. The van der Waals surface area contributed by atoms with Gasteiger partial charge in [0.1, 0.15) is 79.2 Å². The molecule has 42 heteroatoms. The van der Waals surface area contributed by atoms with Crippen LogP contribution in [0.2, 0.25) is 0 Å². The number of aliphatic carboxylic acids is 2. The van der Waals surface area contributed by atoms with Gasteiger partial charge in [0.25, 0.3) is 11.6 Å². The zero-order valence-electron chi connectivity index (χ0n) is 74.2. The summed E-state index contributed by atoms with van der Waals surface area (Å²) in [6, 6.07) is -4.39. The molecule has 0 aromatic heterocycles. The second-order valence-electron chi connectivity index (χ2n) is 34.1. The molecule has 126 heavy (non-hydrogen) atoms. The van der Waals surface area contributed by atoms with E-state index in [1.165, 1.54) is 0 Å². The average Bonchev–Trinajstić information content (AvgIpc) is 0.746. The molecule has 0 unspecified atom stereocenters. The van der Waals surface area contributed by atoms with Crippen molar-refractivity contribution in [3.05, 3.63) is 0 Å². The summed E-state index contributed by atoms with van der Waals surface area (Å²) in [5, 5.41) is 149. The van der Waals surface area contributed by atoms with E-state index in [1.807, 2.05) is 13.8 Å². The normalized spacial score (nSPS) is 28.1. The van der Waals surface area contributed by atoms with E-state index in [2.05, 4.69) is 31.4 Å². The van der Waals surface area contributed by atoms with E-state index in [-0.39, 0.29) is 32.1 Å². The zero-order valence-corrected chi connectivity index (χ0v) is 76.0. The van der Waals surface area contributed by atoms with Crippen molar-refractivity contribution in [2.75, 3.05) is 26.4 Å². The summed E-state index contributed by atoms with van der Waals surface area (Å²) in [6.07, 6.45) is -21.8. The SMILES string of the molecule is CCCCCCCCCCCC(=O)O[C@H](CCCCCCCCC)CC(=O)N[C@H]1[C@H](OC[C@H]2O[C@H](OP(=O)(O)O)[C@H](NC(=O)C[C@H](O)CCCCCCCCC)[C@@H](OC(=O)C[C@H](O)CCCCCCC)[C@@H]2O)O[C@H](CO[C@]2(C(=O)O)C[C@@H](O[C@]3(C(=O)O)C[C@@H](O)[C@@H](O)[C@@H]([C@H](O)CO)O3)[C@@H](O)[C@@H]([C@H](O)CO)O2)[C@@H](OP(=O)(O)O)[C@@H]1OC(=O)C[C@H](O)CCCCCCC. The van der Waals surface area contributed by atoms with Crippen LogP contribution in [0.15, 0.2) is 0 Å². The van der Waals surface area contributed by atoms with Crippen LogP contribution in [0.1, 0.15) is 317 Å². The number of ether oxygens (including phenoxy) is 10. The largest absolute Gasteiger partial charge is 0.477 e. The Labute approximate surface area is 739 Å². The maximum absolute atomic E-state index is 15.3. The molecule has 4 aliphatic rings. The molecule has 736 valence electrons. The molecule has 0 aromatic rings. The zero-order chi connectivity index (χ0) is 93.6. The fourth-order valence-corrected chi connectivity index (χ4v) is 17.0. The molecule has 4 aliphatic heterocycles. The Balaban J connectivity index is 2.03. The van der Waals surface area contributed by atoms with Crippen LogP contribution in [-0.4, -0.2) is 300 Å². The fraction of sp³-hybridized carbons (Fsp3) is 0.917. The summed E-state index contributed by atoms with van der Waals surface area (Å²) in [6.45, 7) is 4.75. The highest BCUT2D eigenvalue weighted by Crippen LogP contribution is 2.46. The second-order valence-corrected chi connectivity index (χ2v) is 36.4. The van der Waals surface area contributed by atoms with Crippen molar-refractivity contribution in [2.24, 2.45) is 0 Å². The van der Waals surface area contributed by atoms with Gasteiger partial charge in [-0.25, -0.2) is 18.7 Å². The Morgan fingerprint density at radius 1 is 0.429 bits per heavy atom. The van der Waals surface area contributed by atoms with Crippen LogP contribution >= 0.6 is 15.6 Å². The number of esters is 3. The van der Waals surface area contributed by atoms with Crippen LogP contribution in [0.3, 0.4) is 0 Å². The van der Waals surface area contributed by atoms with Crippen molar-refractivity contribution in [3.63, 3.8) is 0 Å². The minimum absolute atomic E-state index is 0.0241. The molecule has 24 atom stereocenters. The Morgan fingerprint density at radius 3 is 1.28 bits per heavy atom. The predicted octanol–water partition coefficient (Wildman–Crippen LogP) is 6.00. The van der Waals surface area contributed by atoms with Crippen LogP contribution in [0.4, 0.5) is 0 Å². The fourth-order valence-electron chi connectivity index (χ4n) is 16.0. The van der Waals surface area contributed by atoms with Gasteiger partial charge in [-0.1, -0.05) is 234 Å². The lowest BCUT2D eigenvalue weighted by Gasteiger charge is -2.50. The molecule has 4 saturated heterocycles. The summed E-state index contributed by atoms with van der Waals surface area (Å²) >= 11 is 0. The van der Waals surface area contributed by atoms with Gasteiger partial charge in [0.2, 0.25) is 11.8 Å². The molecule has 0 spiro atoms. The number of carbonyl (C=O) groups excluding carboxylic acids is 5. The van der Waals surface area contributed by atoms with E-state index in [9.17, 15) is 124 Å². The van der Waals surface area contributed by atoms with Crippen molar-refractivity contribution >= 4 is 57.3 Å². The van der Waals surface area contributed by atoms with Crippen LogP contribution < -0.4 is 10.6 Å². The van der Waals surface area contributed by atoms with Crippen LogP contribution in [0, 0.1) is 0 Å². The highest BCUT2D eigenvalue weighted by Gasteiger charge is 2.63. The second kappa shape index (κ2) is 60.8. The van der Waals surface area contributed by atoms with Crippen LogP contribution in [0.5, 0.6) is 0 Å². The summed E-state index contributed by atoms with van der Waals surface area (Å²) in [5.41, 5.74) is 0. The van der Waals surface area contributed by atoms with E-state index in [4.69, 9.17) is 56.4 Å². The van der Waals surface area contributed by atoms with E-state index < -0.39 is 268 Å². The number of nitrogens with one attached hydrogen (secondary N) is 2. The summed E-state index contributed by atoms with van der Waals surface area (Å²) < 4.78 is 97.4. The number of phosphoric acid groups is 2. The molecule has 4 rings (SSSR count). The van der Waals surface area contributed by atoms with Gasteiger partial charge in [0.15, 0.2) is 24.8 Å². The third-order valence-electron chi connectivity index (χ3n) is 23.1. The molecule has 4 fully saturated rings. The quantitative estimate of drug-likeness (QED) is 0.0144. The first-order chi connectivity index (χ1) is 59.8. The van der Waals surface area contributed by atoms with Crippen LogP contribution in [-0.2, 0) is 99.1 Å². The van der Waals surface area contributed by atoms with Gasteiger partial charge >= 0.3 is 45.5 Å². The van der Waals surface area contributed by atoms with Gasteiger partial charge < -0.3 is 144 Å². The number of phosphoric ester groups is 2. The monoisotopic (exact) mass is 1860 g/mol. The first-order valence-corrected chi connectivity index (χ1v) is 49.0. The molecule has 4 heterocycles. The summed E-state index contributed by atoms with van der Waals surface area (Å²) in [4.78, 5) is 143. The van der Waals surface area contributed by atoms with Gasteiger partial charge in [-0.15, -0.1) is 0 Å². The number of aliphatic hydroxyl groups is 11. The highest BCUT2D eigenvalue weighted by molar-refractivity contribution is 7.46.